The summed E-state index contributed by atoms with van der Waals surface area (Å²) in [4.78, 5) is 0. The van der Waals surface area contributed by atoms with E-state index in [2.05, 4.69) is 215 Å². The van der Waals surface area contributed by atoms with Gasteiger partial charge in [0.25, 0.3) is 0 Å². The molecule has 272 valence electrons. The van der Waals surface area contributed by atoms with Gasteiger partial charge < -0.3 is 13.9 Å². The zero-order valence-electron chi connectivity index (χ0n) is 31.6. The van der Waals surface area contributed by atoms with Crippen LogP contribution in [-0.4, -0.2) is 9.13 Å². The van der Waals surface area contributed by atoms with Gasteiger partial charge in [0.15, 0.2) is 0 Å². The molecule has 1 aliphatic heterocycles. The van der Waals surface area contributed by atoms with Crippen LogP contribution in [0.4, 0.5) is 0 Å². The molecule has 0 saturated heterocycles. The van der Waals surface area contributed by atoms with Gasteiger partial charge >= 0.3 is 0 Å². The van der Waals surface area contributed by atoms with Gasteiger partial charge in [-0.2, -0.15) is 0 Å². The van der Waals surface area contributed by atoms with Crippen molar-refractivity contribution in [2.75, 3.05) is 0 Å². The number of rotatable bonds is 5. The van der Waals surface area contributed by atoms with Crippen LogP contribution < -0.4 is 4.74 Å². The average Bonchev–Trinajstić information content (AvgIpc) is 3.81. The zero-order chi connectivity index (χ0) is 38.2. The number of nitrogens with zero attached hydrogens (tertiary/aromatic N) is 2. The van der Waals surface area contributed by atoms with Gasteiger partial charge in [-0.1, -0.05) is 146 Å². The van der Waals surface area contributed by atoms with Crippen molar-refractivity contribution in [2.45, 2.75) is 6.61 Å². The van der Waals surface area contributed by atoms with Crippen molar-refractivity contribution < 1.29 is 4.74 Å². The smallest absolute Gasteiger partial charge is 0.129 e. The average molecular weight is 741 g/mol. The second-order valence-electron chi connectivity index (χ2n) is 15.3. The van der Waals surface area contributed by atoms with Crippen LogP contribution in [0.5, 0.6) is 5.75 Å². The third-order valence-electron chi connectivity index (χ3n) is 12.0. The minimum atomic E-state index is 0.586. The van der Waals surface area contributed by atoms with Crippen LogP contribution in [0.1, 0.15) is 5.56 Å². The highest BCUT2D eigenvalue weighted by Gasteiger charge is 2.24. The second-order valence-corrected chi connectivity index (χ2v) is 15.3. The molecule has 0 aliphatic carbocycles. The van der Waals surface area contributed by atoms with Crippen LogP contribution in [-0.2, 0) is 6.61 Å². The fourth-order valence-electron chi connectivity index (χ4n) is 9.30. The topological polar surface area (TPSA) is 19.1 Å². The Bertz CT molecular complexity index is 3390. The molecule has 0 bridgehead atoms. The van der Waals surface area contributed by atoms with Crippen molar-refractivity contribution in [3.05, 3.63) is 212 Å². The first kappa shape index (κ1) is 32.6. The molecule has 11 aromatic rings. The first-order chi connectivity index (χ1) is 28.8. The second kappa shape index (κ2) is 13.0. The summed E-state index contributed by atoms with van der Waals surface area (Å²) in [5, 5.41) is 4.94. The number of fused-ring (bicyclic) bond motifs is 9. The van der Waals surface area contributed by atoms with Gasteiger partial charge in [-0.15, -0.1) is 0 Å². The minimum Gasteiger partial charge on any atom is -0.488 e. The Balaban J connectivity index is 0.974. The van der Waals surface area contributed by atoms with Gasteiger partial charge in [0.05, 0.1) is 27.8 Å². The molecule has 0 atom stereocenters. The van der Waals surface area contributed by atoms with E-state index in [9.17, 15) is 0 Å². The van der Waals surface area contributed by atoms with Crippen LogP contribution in [0.2, 0.25) is 0 Å². The molecule has 3 heterocycles. The molecular weight excluding hydrogens is 705 g/mol. The number of ether oxygens (including phenoxy) is 1. The molecule has 1 aliphatic rings. The van der Waals surface area contributed by atoms with Crippen LogP contribution in [0, 0.1) is 0 Å². The van der Waals surface area contributed by atoms with E-state index in [1.807, 2.05) is 0 Å². The fraction of sp³-hybridized carbons (Fsp3) is 0.0182. The summed E-state index contributed by atoms with van der Waals surface area (Å²) in [5.74, 6) is 0.926. The van der Waals surface area contributed by atoms with Crippen molar-refractivity contribution in [2.24, 2.45) is 0 Å². The number of hydrogen-bond donors (Lipinski definition) is 0. The van der Waals surface area contributed by atoms with E-state index in [1.165, 1.54) is 88.1 Å². The number of aromatic nitrogens is 2. The first-order valence-corrected chi connectivity index (χ1v) is 19.9. The van der Waals surface area contributed by atoms with E-state index < -0.39 is 0 Å². The predicted octanol–water partition coefficient (Wildman–Crippen LogP) is 14.4. The molecule has 0 unspecified atom stereocenters. The molecular formula is C55H36N2O. The standard InChI is InChI=1S/C55H36N2O/c1-2-12-36(13-3-1)37-24-26-38(27-25-37)39-15-10-16-43(32-39)56-49-20-8-6-18-45(49)47-33-40(28-30-51(47)56)41-29-31-52-48(34-41)46-19-7-9-21-50(46)57(52)53-22-11-23-54-55(53)44-17-5-4-14-42(44)35-58-54/h1-34H,35H2. The summed E-state index contributed by atoms with van der Waals surface area (Å²) in [5.41, 5.74) is 17.8. The van der Waals surface area contributed by atoms with Crippen molar-refractivity contribution in [3.63, 3.8) is 0 Å². The van der Waals surface area contributed by atoms with Crippen LogP contribution in [0.3, 0.4) is 0 Å². The lowest BCUT2D eigenvalue weighted by Gasteiger charge is -2.24. The predicted molar refractivity (Wildman–Crippen MR) is 241 cm³/mol. The molecule has 0 radical (unpaired) electrons. The molecule has 58 heavy (non-hydrogen) atoms. The summed E-state index contributed by atoms with van der Waals surface area (Å²) in [6.07, 6.45) is 0. The summed E-state index contributed by atoms with van der Waals surface area (Å²) >= 11 is 0. The maximum absolute atomic E-state index is 6.31. The Labute approximate surface area is 336 Å². The van der Waals surface area contributed by atoms with E-state index in [-0.39, 0.29) is 0 Å². The van der Waals surface area contributed by atoms with Crippen molar-refractivity contribution in [1.29, 1.82) is 0 Å². The van der Waals surface area contributed by atoms with E-state index in [0.29, 0.717) is 6.61 Å². The van der Waals surface area contributed by atoms with E-state index >= 15 is 0 Å². The third kappa shape index (κ3) is 5.07. The molecule has 9 aromatic carbocycles. The van der Waals surface area contributed by atoms with E-state index in [1.54, 1.807) is 0 Å². The Morgan fingerprint density at radius 3 is 1.60 bits per heavy atom. The quantitative estimate of drug-likeness (QED) is 0.172. The maximum atomic E-state index is 6.31. The molecule has 0 N–H and O–H groups in total. The molecule has 3 nitrogen and oxygen atoms in total. The number of hydrogen-bond acceptors (Lipinski definition) is 1. The van der Waals surface area contributed by atoms with Gasteiger partial charge in [0.1, 0.15) is 12.4 Å². The van der Waals surface area contributed by atoms with Crippen LogP contribution >= 0.6 is 0 Å². The Hall–Kier alpha value is -7.62. The lowest BCUT2D eigenvalue weighted by molar-refractivity contribution is 0.302. The zero-order valence-corrected chi connectivity index (χ0v) is 31.6. The highest BCUT2D eigenvalue weighted by atomic mass is 16.5. The molecule has 12 rings (SSSR count). The Morgan fingerprint density at radius 2 is 0.862 bits per heavy atom. The van der Waals surface area contributed by atoms with Crippen molar-refractivity contribution in [3.8, 4) is 61.6 Å². The van der Waals surface area contributed by atoms with Gasteiger partial charge in [-0.3, -0.25) is 0 Å². The molecule has 0 saturated carbocycles. The molecule has 0 spiro atoms. The van der Waals surface area contributed by atoms with Crippen molar-refractivity contribution in [1.82, 2.24) is 9.13 Å². The Kier molecular flexibility index (Phi) is 7.29. The highest BCUT2D eigenvalue weighted by molar-refractivity contribution is 6.13. The monoisotopic (exact) mass is 740 g/mol. The maximum Gasteiger partial charge on any atom is 0.129 e. The van der Waals surface area contributed by atoms with Gasteiger partial charge in [-0.25, -0.2) is 0 Å². The lowest BCUT2D eigenvalue weighted by Crippen LogP contribution is -2.08. The number of para-hydroxylation sites is 2. The summed E-state index contributed by atoms with van der Waals surface area (Å²) in [6.45, 7) is 0.586. The highest BCUT2D eigenvalue weighted by Crippen LogP contribution is 2.45. The molecule has 0 fully saturated rings. The SMILES string of the molecule is c1ccc(-c2ccc(-c3cccc(-n4c5ccccc5c5cc(-c6ccc7c(c6)c6ccccc6n7-c6cccc7c6-c6ccccc6CO7)ccc54)c3)cc2)cc1. The van der Waals surface area contributed by atoms with E-state index in [0.717, 1.165) is 22.7 Å². The summed E-state index contributed by atoms with van der Waals surface area (Å²) < 4.78 is 11.1. The van der Waals surface area contributed by atoms with Gasteiger partial charge in [0, 0.05) is 32.8 Å². The Morgan fingerprint density at radius 1 is 0.345 bits per heavy atom. The molecule has 0 amide bonds. The lowest BCUT2D eigenvalue weighted by atomic mass is 9.95. The normalized spacial score (nSPS) is 12.2. The molecule has 3 heteroatoms. The van der Waals surface area contributed by atoms with E-state index in [4.69, 9.17) is 4.74 Å². The van der Waals surface area contributed by atoms with Gasteiger partial charge in [-0.05, 0) is 105 Å². The largest absolute Gasteiger partial charge is 0.488 e. The third-order valence-corrected chi connectivity index (χ3v) is 12.0. The minimum absolute atomic E-state index is 0.586. The summed E-state index contributed by atoms with van der Waals surface area (Å²) in [7, 11) is 0. The first-order valence-electron chi connectivity index (χ1n) is 19.9. The number of benzene rings is 9. The van der Waals surface area contributed by atoms with Crippen LogP contribution in [0.25, 0.3) is 99.5 Å². The van der Waals surface area contributed by atoms with Crippen LogP contribution in [0.15, 0.2) is 206 Å². The molecule has 2 aromatic heterocycles. The fourth-order valence-corrected chi connectivity index (χ4v) is 9.30. The van der Waals surface area contributed by atoms with Crippen molar-refractivity contribution >= 4 is 43.6 Å². The van der Waals surface area contributed by atoms with Gasteiger partial charge in [0.2, 0.25) is 0 Å². The summed E-state index contributed by atoms with van der Waals surface area (Å²) in [6, 6.07) is 74.9.